The molecule has 2 aliphatic rings. The van der Waals surface area contributed by atoms with E-state index in [0.29, 0.717) is 31.0 Å². The molecule has 1 unspecified atom stereocenters. The smallest absolute Gasteiger partial charge is 0.433 e. The van der Waals surface area contributed by atoms with Gasteiger partial charge < -0.3 is 9.64 Å². The molecule has 1 aromatic heterocycles. The predicted molar refractivity (Wildman–Crippen MR) is 109 cm³/mol. The number of halogens is 4. The third-order valence-electron chi connectivity index (χ3n) is 6.12. The molecule has 0 radical (unpaired) electrons. The standard InChI is InChI=1S/C22H23ClF3N3O2/c23-16-7-5-15(6-8-16)21(10-1-2-11-21)19(30)29-13-3-4-17(14-29)31-20-27-12-9-18(28-20)22(24,25)26/h5-9,12,17H,1-4,10-11,13-14H2. The fourth-order valence-corrected chi connectivity index (χ4v) is 4.73. The van der Waals surface area contributed by atoms with Crippen molar-refractivity contribution in [3.63, 3.8) is 0 Å². The molecule has 1 saturated carbocycles. The number of alkyl halides is 3. The van der Waals surface area contributed by atoms with Crippen LogP contribution in [0.1, 0.15) is 49.8 Å². The van der Waals surface area contributed by atoms with E-state index in [1.54, 1.807) is 17.0 Å². The number of carbonyl (C=O) groups is 1. The van der Waals surface area contributed by atoms with Crippen molar-refractivity contribution in [1.29, 1.82) is 0 Å². The van der Waals surface area contributed by atoms with Crippen molar-refractivity contribution in [3.8, 4) is 6.01 Å². The van der Waals surface area contributed by atoms with Crippen LogP contribution in [0, 0.1) is 0 Å². The van der Waals surface area contributed by atoms with Crippen LogP contribution in [0.15, 0.2) is 36.5 Å². The fraction of sp³-hybridized carbons (Fsp3) is 0.500. The van der Waals surface area contributed by atoms with E-state index in [9.17, 15) is 18.0 Å². The lowest BCUT2D eigenvalue weighted by Gasteiger charge is -2.39. The zero-order valence-electron chi connectivity index (χ0n) is 16.9. The van der Waals surface area contributed by atoms with Gasteiger partial charge in [-0.2, -0.15) is 18.2 Å². The summed E-state index contributed by atoms with van der Waals surface area (Å²) >= 11 is 6.03. The summed E-state index contributed by atoms with van der Waals surface area (Å²) in [5.41, 5.74) is -0.670. The van der Waals surface area contributed by atoms with E-state index in [2.05, 4.69) is 9.97 Å². The van der Waals surface area contributed by atoms with Crippen LogP contribution in [0.4, 0.5) is 13.2 Å². The maximum absolute atomic E-state index is 13.6. The number of carbonyl (C=O) groups excluding carboxylic acids is 1. The minimum atomic E-state index is -4.57. The average molecular weight is 454 g/mol. The molecule has 5 nitrogen and oxygen atoms in total. The molecule has 0 spiro atoms. The lowest BCUT2D eigenvalue weighted by Crippen LogP contribution is -2.51. The highest BCUT2D eigenvalue weighted by Gasteiger charge is 2.46. The van der Waals surface area contributed by atoms with Gasteiger partial charge in [0.1, 0.15) is 6.10 Å². The summed E-state index contributed by atoms with van der Waals surface area (Å²) in [5.74, 6) is 0.0468. The molecule has 31 heavy (non-hydrogen) atoms. The van der Waals surface area contributed by atoms with Gasteiger partial charge in [-0.25, -0.2) is 4.98 Å². The van der Waals surface area contributed by atoms with Crippen molar-refractivity contribution >= 4 is 17.5 Å². The summed E-state index contributed by atoms with van der Waals surface area (Å²) in [6, 6.07) is 7.93. The monoisotopic (exact) mass is 453 g/mol. The average Bonchev–Trinajstić information content (AvgIpc) is 3.25. The van der Waals surface area contributed by atoms with Crippen LogP contribution in [0.25, 0.3) is 0 Å². The van der Waals surface area contributed by atoms with Crippen molar-refractivity contribution in [3.05, 3.63) is 52.8 Å². The number of piperidine rings is 1. The Hall–Kier alpha value is -2.35. The highest BCUT2D eigenvalue weighted by atomic mass is 35.5. The molecule has 2 heterocycles. The Morgan fingerprint density at radius 1 is 1.13 bits per heavy atom. The minimum Gasteiger partial charge on any atom is -0.458 e. The third kappa shape index (κ3) is 4.63. The van der Waals surface area contributed by atoms with E-state index in [4.69, 9.17) is 16.3 Å². The molecule has 0 bridgehead atoms. The summed E-state index contributed by atoms with van der Waals surface area (Å²) in [4.78, 5) is 22.7. The molecule has 1 aliphatic carbocycles. The van der Waals surface area contributed by atoms with Gasteiger partial charge in [-0.15, -0.1) is 0 Å². The molecular formula is C22H23ClF3N3O2. The van der Waals surface area contributed by atoms with E-state index in [0.717, 1.165) is 43.5 Å². The number of rotatable bonds is 4. The maximum atomic E-state index is 13.6. The van der Waals surface area contributed by atoms with Gasteiger partial charge in [-0.1, -0.05) is 36.6 Å². The summed E-state index contributed by atoms with van der Waals surface area (Å²) in [5, 5.41) is 0.622. The van der Waals surface area contributed by atoms with E-state index < -0.39 is 23.4 Å². The van der Waals surface area contributed by atoms with Crippen LogP contribution in [0.2, 0.25) is 5.02 Å². The maximum Gasteiger partial charge on any atom is 0.433 e. The molecule has 9 heteroatoms. The van der Waals surface area contributed by atoms with E-state index >= 15 is 0 Å². The number of ether oxygens (including phenoxy) is 1. The lowest BCUT2D eigenvalue weighted by molar-refractivity contribution is -0.141. The van der Waals surface area contributed by atoms with Crippen LogP contribution in [0.3, 0.4) is 0 Å². The van der Waals surface area contributed by atoms with Gasteiger partial charge in [0, 0.05) is 17.8 Å². The molecule has 0 N–H and O–H groups in total. The molecule has 2 aromatic rings. The molecule has 1 aliphatic heterocycles. The van der Waals surface area contributed by atoms with Gasteiger partial charge in [0.05, 0.1) is 12.0 Å². The summed E-state index contributed by atoms with van der Waals surface area (Å²) < 4.78 is 44.4. The number of benzene rings is 1. The lowest BCUT2D eigenvalue weighted by atomic mass is 9.77. The second-order valence-electron chi connectivity index (χ2n) is 8.15. The topological polar surface area (TPSA) is 55.3 Å². The van der Waals surface area contributed by atoms with E-state index in [1.807, 2.05) is 12.1 Å². The fourth-order valence-electron chi connectivity index (χ4n) is 4.60. The molecule has 1 aromatic carbocycles. The minimum absolute atomic E-state index is 0.0468. The number of nitrogens with zero attached hydrogens (tertiary/aromatic N) is 3. The van der Waals surface area contributed by atoms with Crippen LogP contribution in [-0.4, -0.2) is 40.0 Å². The van der Waals surface area contributed by atoms with Crippen LogP contribution in [0.5, 0.6) is 6.01 Å². The van der Waals surface area contributed by atoms with Crippen LogP contribution >= 0.6 is 11.6 Å². The summed E-state index contributed by atoms with van der Waals surface area (Å²) in [6.07, 6.45) is 0.820. The zero-order chi connectivity index (χ0) is 22.1. The Bertz CT molecular complexity index is 930. The van der Waals surface area contributed by atoms with Crippen molar-refractivity contribution < 1.29 is 22.7 Å². The third-order valence-corrected chi connectivity index (χ3v) is 6.38. The Morgan fingerprint density at radius 2 is 1.84 bits per heavy atom. The van der Waals surface area contributed by atoms with Gasteiger partial charge in [0.2, 0.25) is 5.91 Å². The first-order valence-corrected chi connectivity index (χ1v) is 10.8. The molecule has 4 rings (SSSR count). The van der Waals surface area contributed by atoms with Crippen LogP contribution < -0.4 is 4.74 Å². The molecular weight excluding hydrogens is 431 g/mol. The first-order valence-electron chi connectivity index (χ1n) is 10.4. The number of amides is 1. The first kappa shape index (κ1) is 21.9. The molecule has 2 fully saturated rings. The summed E-state index contributed by atoms with van der Waals surface area (Å²) in [7, 11) is 0. The Kier molecular flexibility index (Phi) is 6.10. The molecule has 1 amide bonds. The quantitative estimate of drug-likeness (QED) is 0.651. The number of aromatic nitrogens is 2. The van der Waals surface area contributed by atoms with Gasteiger partial charge in [-0.3, -0.25) is 4.79 Å². The highest BCUT2D eigenvalue weighted by Crippen LogP contribution is 2.43. The summed E-state index contributed by atoms with van der Waals surface area (Å²) in [6.45, 7) is 0.894. The molecule has 166 valence electrons. The van der Waals surface area contributed by atoms with E-state index in [-0.39, 0.29) is 11.9 Å². The number of hydrogen-bond donors (Lipinski definition) is 0. The number of likely N-dealkylation sites (tertiary alicyclic amines) is 1. The predicted octanol–water partition coefficient (Wildman–Crippen LogP) is 5.03. The van der Waals surface area contributed by atoms with Crippen molar-refractivity contribution in [2.45, 2.75) is 56.2 Å². The van der Waals surface area contributed by atoms with Crippen molar-refractivity contribution in [1.82, 2.24) is 14.9 Å². The molecule has 1 saturated heterocycles. The first-order chi connectivity index (χ1) is 14.8. The van der Waals surface area contributed by atoms with Crippen LogP contribution in [-0.2, 0) is 16.4 Å². The number of hydrogen-bond acceptors (Lipinski definition) is 4. The second-order valence-corrected chi connectivity index (χ2v) is 8.59. The second kappa shape index (κ2) is 8.65. The van der Waals surface area contributed by atoms with Gasteiger partial charge in [0.25, 0.3) is 0 Å². The molecule has 1 atom stereocenters. The van der Waals surface area contributed by atoms with Crippen molar-refractivity contribution in [2.75, 3.05) is 13.1 Å². The Balaban J connectivity index is 1.50. The highest BCUT2D eigenvalue weighted by molar-refractivity contribution is 6.30. The van der Waals surface area contributed by atoms with Gasteiger partial charge in [-0.05, 0) is 49.4 Å². The van der Waals surface area contributed by atoms with E-state index in [1.165, 1.54) is 0 Å². The largest absolute Gasteiger partial charge is 0.458 e. The van der Waals surface area contributed by atoms with Gasteiger partial charge in [0.15, 0.2) is 5.69 Å². The Morgan fingerprint density at radius 3 is 2.52 bits per heavy atom. The van der Waals surface area contributed by atoms with Gasteiger partial charge >= 0.3 is 12.2 Å². The SMILES string of the molecule is O=C(N1CCCC(Oc2nccc(C(F)(F)F)n2)C1)C1(c2ccc(Cl)cc2)CCCC1. The van der Waals surface area contributed by atoms with Crippen molar-refractivity contribution in [2.24, 2.45) is 0 Å². The Labute approximate surface area is 183 Å². The zero-order valence-corrected chi connectivity index (χ0v) is 17.6. The normalized spacial score (nSPS) is 21.2.